The average Bonchev–Trinajstić information content (AvgIpc) is 3.09. The van der Waals surface area contributed by atoms with Gasteiger partial charge in [-0.25, -0.2) is 18.4 Å². The zero-order valence-corrected chi connectivity index (χ0v) is 17.3. The van der Waals surface area contributed by atoms with Crippen LogP contribution in [0.15, 0.2) is 72.8 Å². The first kappa shape index (κ1) is 19.4. The van der Waals surface area contributed by atoms with Gasteiger partial charge in [0.2, 0.25) is 0 Å². The molecule has 0 unspecified atom stereocenters. The lowest BCUT2D eigenvalue weighted by Crippen LogP contribution is -2.04. The van der Waals surface area contributed by atoms with Crippen molar-refractivity contribution in [3.05, 3.63) is 95.2 Å². The Morgan fingerprint density at radius 3 is 2.42 bits per heavy atom. The van der Waals surface area contributed by atoms with Gasteiger partial charge in [-0.1, -0.05) is 72.3 Å². The van der Waals surface area contributed by atoms with E-state index in [0.29, 0.717) is 29.0 Å². The van der Waals surface area contributed by atoms with Crippen LogP contribution in [0.5, 0.6) is 0 Å². The molecule has 0 aliphatic rings. The average molecular weight is 413 g/mol. The number of aromatic nitrogens is 3. The van der Waals surface area contributed by atoms with Crippen LogP contribution in [-0.4, -0.2) is 14.8 Å². The zero-order chi connectivity index (χ0) is 21.5. The molecule has 0 radical (unpaired) electrons. The van der Waals surface area contributed by atoms with Crippen LogP contribution in [0.25, 0.3) is 33.1 Å². The number of nitrogens with zero attached hydrogens (tertiary/aromatic N) is 3. The summed E-state index contributed by atoms with van der Waals surface area (Å²) in [7, 11) is 0. The van der Waals surface area contributed by atoms with Gasteiger partial charge in [-0.2, -0.15) is 5.10 Å². The van der Waals surface area contributed by atoms with Gasteiger partial charge in [-0.3, -0.25) is 0 Å². The van der Waals surface area contributed by atoms with Gasteiger partial charge < -0.3 is 0 Å². The monoisotopic (exact) mass is 413 g/mol. The predicted molar refractivity (Wildman–Crippen MR) is 120 cm³/mol. The summed E-state index contributed by atoms with van der Waals surface area (Å²) in [6, 6.07) is 23.4. The van der Waals surface area contributed by atoms with Crippen LogP contribution >= 0.6 is 0 Å². The number of rotatable bonds is 4. The first-order chi connectivity index (χ1) is 15.0. The Hall–Kier alpha value is -3.60. The highest BCUT2D eigenvalue weighted by Gasteiger charge is 2.21. The van der Waals surface area contributed by atoms with E-state index in [2.05, 4.69) is 5.10 Å². The van der Waals surface area contributed by atoms with Crippen LogP contribution in [0.1, 0.15) is 28.8 Å². The van der Waals surface area contributed by atoms with Crippen molar-refractivity contribution in [1.82, 2.24) is 14.8 Å². The highest BCUT2D eigenvalue weighted by Crippen LogP contribution is 2.35. The van der Waals surface area contributed by atoms with Crippen LogP contribution in [0.4, 0.5) is 8.78 Å². The normalized spacial score (nSPS) is 11.6. The predicted octanol–water partition coefficient (Wildman–Crippen LogP) is 6.85. The maximum absolute atomic E-state index is 14.1. The summed E-state index contributed by atoms with van der Waals surface area (Å²) < 4.78 is 29.9. The topological polar surface area (TPSA) is 30.7 Å². The molecule has 0 fully saturated rings. The molecule has 0 bridgehead atoms. The van der Waals surface area contributed by atoms with Gasteiger partial charge in [0.1, 0.15) is 0 Å². The summed E-state index contributed by atoms with van der Waals surface area (Å²) in [6.45, 7) is 4.27. The molecule has 0 atom stereocenters. The lowest BCUT2D eigenvalue weighted by Gasteiger charge is -2.11. The number of benzene rings is 3. The maximum atomic E-state index is 14.1. The lowest BCUT2D eigenvalue weighted by atomic mass is 10.00. The molecule has 31 heavy (non-hydrogen) atoms. The highest BCUT2D eigenvalue weighted by molar-refractivity contribution is 5.97. The Morgan fingerprint density at radius 1 is 0.903 bits per heavy atom. The number of hydrogen-bond acceptors (Lipinski definition) is 2. The molecule has 0 N–H and O–H groups in total. The molecule has 2 aromatic heterocycles. The number of alkyl halides is 2. The Labute approximate surface area is 179 Å². The van der Waals surface area contributed by atoms with E-state index >= 15 is 0 Å². The minimum absolute atomic E-state index is 0.0272. The van der Waals surface area contributed by atoms with Crippen molar-refractivity contribution in [3.63, 3.8) is 0 Å². The molecule has 3 nitrogen and oxygen atoms in total. The number of pyridine rings is 1. The molecule has 5 heteroatoms. The van der Waals surface area contributed by atoms with E-state index in [-0.39, 0.29) is 5.56 Å². The van der Waals surface area contributed by atoms with Crippen LogP contribution in [0.2, 0.25) is 0 Å². The number of halogens is 2. The minimum atomic E-state index is -2.62. The summed E-state index contributed by atoms with van der Waals surface area (Å²) in [5, 5.41) is 7.04. The zero-order valence-electron chi connectivity index (χ0n) is 17.3. The van der Waals surface area contributed by atoms with Crippen molar-refractivity contribution < 1.29 is 8.78 Å². The summed E-state index contributed by atoms with van der Waals surface area (Å²) >= 11 is 0. The molecule has 0 spiro atoms. The fraction of sp³-hybridized carbons (Fsp3) is 0.154. The van der Waals surface area contributed by atoms with E-state index in [1.807, 2.05) is 73.7 Å². The van der Waals surface area contributed by atoms with Gasteiger partial charge >= 0.3 is 0 Å². The van der Waals surface area contributed by atoms with Crippen LogP contribution in [0, 0.1) is 13.8 Å². The van der Waals surface area contributed by atoms with E-state index in [9.17, 15) is 8.78 Å². The fourth-order valence-electron chi connectivity index (χ4n) is 4.12. The Kier molecular flexibility index (Phi) is 4.74. The standard InChI is InChI=1S/C26H21F2N3/c1-16-10-12-18(13-11-16)15-31-26-24(17(2)30-31)22(25(27)28)14-23(29-26)21-9-5-7-19-6-3-4-8-20(19)21/h3-14,25H,15H2,1-2H3. The molecule has 2 heterocycles. The summed E-state index contributed by atoms with van der Waals surface area (Å²) in [6.07, 6.45) is -2.62. The third-order valence-electron chi connectivity index (χ3n) is 5.66. The van der Waals surface area contributed by atoms with Gasteiger partial charge in [-0.05, 0) is 36.2 Å². The Balaban J connectivity index is 1.74. The molecule has 154 valence electrons. The highest BCUT2D eigenvalue weighted by atomic mass is 19.3. The summed E-state index contributed by atoms with van der Waals surface area (Å²) in [4.78, 5) is 4.84. The molecule has 5 aromatic rings. The first-order valence-corrected chi connectivity index (χ1v) is 10.2. The van der Waals surface area contributed by atoms with Crippen LogP contribution in [-0.2, 0) is 6.54 Å². The Bertz CT molecular complexity index is 1400. The maximum Gasteiger partial charge on any atom is 0.264 e. The van der Waals surface area contributed by atoms with Crippen molar-refractivity contribution in [2.24, 2.45) is 0 Å². The van der Waals surface area contributed by atoms with Crippen molar-refractivity contribution >= 4 is 21.8 Å². The number of fused-ring (bicyclic) bond motifs is 2. The van der Waals surface area contributed by atoms with Crippen molar-refractivity contribution in [3.8, 4) is 11.3 Å². The smallest absolute Gasteiger partial charge is 0.243 e. The molecule has 0 amide bonds. The first-order valence-electron chi connectivity index (χ1n) is 10.2. The second-order valence-electron chi connectivity index (χ2n) is 7.85. The largest absolute Gasteiger partial charge is 0.264 e. The van der Waals surface area contributed by atoms with Crippen LogP contribution in [0.3, 0.4) is 0 Å². The lowest BCUT2D eigenvalue weighted by molar-refractivity contribution is 0.153. The van der Waals surface area contributed by atoms with Gasteiger partial charge in [0.15, 0.2) is 5.65 Å². The van der Waals surface area contributed by atoms with E-state index in [1.54, 1.807) is 11.6 Å². The summed E-state index contributed by atoms with van der Waals surface area (Å²) in [5.41, 5.74) is 4.61. The quantitative estimate of drug-likeness (QED) is 0.322. The second-order valence-corrected chi connectivity index (χ2v) is 7.85. The van der Waals surface area contributed by atoms with E-state index < -0.39 is 6.43 Å². The Morgan fingerprint density at radius 2 is 1.65 bits per heavy atom. The third-order valence-corrected chi connectivity index (χ3v) is 5.66. The van der Waals surface area contributed by atoms with Gasteiger partial charge in [-0.15, -0.1) is 0 Å². The number of aryl methyl sites for hydroxylation is 2. The molecule has 0 saturated carbocycles. The molecule has 5 rings (SSSR count). The minimum Gasteiger partial charge on any atom is -0.243 e. The van der Waals surface area contributed by atoms with E-state index in [1.165, 1.54) is 11.6 Å². The summed E-state index contributed by atoms with van der Waals surface area (Å²) in [5.74, 6) is 0. The third kappa shape index (κ3) is 3.46. The van der Waals surface area contributed by atoms with Gasteiger partial charge in [0.05, 0.1) is 23.3 Å². The van der Waals surface area contributed by atoms with Crippen molar-refractivity contribution in [2.45, 2.75) is 26.8 Å². The van der Waals surface area contributed by atoms with Crippen molar-refractivity contribution in [2.75, 3.05) is 0 Å². The van der Waals surface area contributed by atoms with Gasteiger partial charge in [0, 0.05) is 11.1 Å². The molecule has 3 aromatic carbocycles. The molecule has 0 saturated heterocycles. The van der Waals surface area contributed by atoms with E-state index in [4.69, 9.17) is 4.98 Å². The molecule has 0 aliphatic carbocycles. The van der Waals surface area contributed by atoms with Crippen LogP contribution < -0.4 is 0 Å². The fourth-order valence-corrected chi connectivity index (χ4v) is 4.12. The molecular weight excluding hydrogens is 392 g/mol. The van der Waals surface area contributed by atoms with E-state index in [0.717, 1.165) is 21.9 Å². The molecule has 0 aliphatic heterocycles. The molecular formula is C26H21F2N3. The second kappa shape index (κ2) is 7.58. The SMILES string of the molecule is Cc1ccc(Cn2nc(C)c3c(C(F)F)cc(-c4cccc5ccccc45)nc32)cc1. The number of hydrogen-bond donors (Lipinski definition) is 0. The van der Waals surface area contributed by atoms with Gasteiger partial charge in [0.25, 0.3) is 6.43 Å². The van der Waals surface area contributed by atoms with Crippen molar-refractivity contribution in [1.29, 1.82) is 0 Å².